The van der Waals surface area contributed by atoms with Crippen LogP contribution < -0.4 is 34.7 Å². The second-order valence-electron chi connectivity index (χ2n) is 2.44. The molecule has 0 aliphatic rings. The van der Waals surface area contributed by atoms with E-state index in [4.69, 9.17) is 0 Å². The van der Waals surface area contributed by atoms with E-state index in [0.717, 1.165) is 11.8 Å². The van der Waals surface area contributed by atoms with Crippen molar-refractivity contribution in [2.24, 2.45) is 0 Å². The summed E-state index contributed by atoms with van der Waals surface area (Å²) in [7, 11) is 0. The number of aromatic nitrogens is 4. The number of aromatic amines is 1. The number of carboxylic acid groups (broad SMARTS) is 1. The van der Waals surface area contributed by atoms with Crippen molar-refractivity contribution in [1.82, 2.24) is 19.9 Å². The third-order valence-corrected chi connectivity index (χ3v) is 2.48. The summed E-state index contributed by atoms with van der Waals surface area (Å²) in [6, 6.07) is 0. The number of nitrogens with zero attached hydrogens (tertiary/aromatic N) is 3. The zero-order valence-electron chi connectivity index (χ0n) is 7.93. The van der Waals surface area contributed by atoms with Gasteiger partial charge in [0.25, 0.3) is 0 Å². The number of carboxylic acids is 1. The maximum absolute atomic E-state index is 10.2. The number of H-pyrrole nitrogens is 1. The third-order valence-electron chi connectivity index (χ3n) is 1.51. The van der Waals surface area contributed by atoms with E-state index in [-0.39, 0.29) is 35.3 Å². The van der Waals surface area contributed by atoms with Crippen molar-refractivity contribution in [2.75, 3.05) is 5.75 Å². The van der Waals surface area contributed by atoms with Gasteiger partial charge < -0.3 is 14.9 Å². The van der Waals surface area contributed by atoms with Crippen LogP contribution in [0.25, 0.3) is 11.2 Å². The molecule has 0 aromatic carbocycles. The van der Waals surface area contributed by atoms with E-state index in [9.17, 15) is 9.90 Å². The van der Waals surface area contributed by atoms with Crippen LogP contribution >= 0.6 is 11.8 Å². The van der Waals surface area contributed by atoms with E-state index in [1.54, 1.807) is 0 Å². The molecule has 0 aliphatic heterocycles. The molecular weight excluding hydrogens is 227 g/mol. The van der Waals surface area contributed by atoms with Crippen LogP contribution in [0.2, 0.25) is 0 Å². The molecule has 2 aromatic rings. The molecule has 0 saturated heterocycles. The molecule has 0 spiro atoms. The van der Waals surface area contributed by atoms with Crippen LogP contribution in [-0.4, -0.2) is 31.7 Å². The number of carbonyl (C=O) groups is 1. The summed E-state index contributed by atoms with van der Waals surface area (Å²) in [6.07, 6.45) is 2.84. The smallest absolute Gasteiger partial charge is 0.549 e. The summed E-state index contributed by atoms with van der Waals surface area (Å²) < 4.78 is 0. The fourth-order valence-electron chi connectivity index (χ4n) is 0.980. The first kappa shape index (κ1) is 12.4. The van der Waals surface area contributed by atoms with Gasteiger partial charge >= 0.3 is 29.6 Å². The van der Waals surface area contributed by atoms with Gasteiger partial charge in [-0.15, -0.1) is 0 Å². The molecule has 0 fully saturated rings. The minimum atomic E-state index is -1.12. The molecular formula is C7H5N4NaO2S. The number of hydrogen-bond donors (Lipinski definition) is 1. The fourth-order valence-corrected chi connectivity index (χ4v) is 1.65. The SMILES string of the molecule is O=C([O-])CSc1ncnc2nc[nH]c12.[Na+]. The molecule has 0 unspecified atom stereocenters. The van der Waals surface area contributed by atoms with Crippen LogP contribution in [0.1, 0.15) is 0 Å². The Morgan fingerprint density at radius 3 is 3.00 bits per heavy atom. The van der Waals surface area contributed by atoms with Gasteiger partial charge in [-0.25, -0.2) is 15.0 Å². The van der Waals surface area contributed by atoms with Gasteiger partial charge in [0, 0.05) is 5.75 Å². The quantitative estimate of drug-likeness (QED) is 0.331. The molecule has 72 valence electrons. The molecule has 0 aliphatic carbocycles. The first-order valence-electron chi connectivity index (χ1n) is 3.74. The Labute approximate surface area is 111 Å². The molecule has 2 heterocycles. The molecule has 0 amide bonds. The van der Waals surface area contributed by atoms with Gasteiger partial charge in [-0.2, -0.15) is 0 Å². The van der Waals surface area contributed by atoms with Crippen molar-refractivity contribution in [3.8, 4) is 0 Å². The Hall–Kier alpha value is -0.630. The van der Waals surface area contributed by atoms with E-state index in [1.165, 1.54) is 12.7 Å². The topological polar surface area (TPSA) is 94.6 Å². The van der Waals surface area contributed by atoms with Crippen molar-refractivity contribution < 1.29 is 39.5 Å². The van der Waals surface area contributed by atoms with Crippen LogP contribution in [0.5, 0.6) is 0 Å². The standard InChI is InChI=1S/C7H6N4O2S.Na/c12-4(13)1-14-7-5-6(9-2-8-5)10-3-11-7;/h2-3H,1H2,(H,12,13)(H,8,9,10,11);/q;+1/p-1. The number of nitrogens with one attached hydrogen (secondary N) is 1. The van der Waals surface area contributed by atoms with E-state index >= 15 is 0 Å². The Balaban J connectivity index is 0.00000112. The number of carbonyl (C=O) groups excluding carboxylic acids is 1. The summed E-state index contributed by atoms with van der Waals surface area (Å²) in [4.78, 5) is 24.9. The van der Waals surface area contributed by atoms with Crippen molar-refractivity contribution in [3.63, 3.8) is 0 Å². The van der Waals surface area contributed by atoms with Crippen LogP contribution in [0.15, 0.2) is 17.7 Å². The molecule has 0 radical (unpaired) electrons. The van der Waals surface area contributed by atoms with Gasteiger partial charge in [-0.1, -0.05) is 11.8 Å². The molecule has 1 N–H and O–H groups in total. The Morgan fingerprint density at radius 2 is 2.27 bits per heavy atom. The molecule has 15 heavy (non-hydrogen) atoms. The maximum atomic E-state index is 10.2. The van der Waals surface area contributed by atoms with Crippen molar-refractivity contribution in [1.29, 1.82) is 0 Å². The van der Waals surface area contributed by atoms with Crippen LogP contribution in [0.3, 0.4) is 0 Å². The van der Waals surface area contributed by atoms with Crippen molar-refractivity contribution in [2.45, 2.75) is 5.03 Å². The van der Waals surface area contributed by atoms with Crippen molar-refractivity contribution in [3.05, 3.63) is 12.7 Å². The summed E-state index contributed by atoms with van der Waals surface area (Å²) in [5, 5.41) is 10.8. The molecule has 2 rings (SSSR count). The molecule has 0 atom stereocenters. The fraction of sp³-hybridized carbons (Fsp3) is 0.143. The number of fused-ring (bicyclic) bond motifs is 1. The zero-order valence-corrected chi connectivity index (χ0v) is 10.7. The first-order valence-corrected chi connectivity index (χ1v) is 4.72. The van der Waals surface area contributed by atoms with Crippen molar-refractivity contribution >= 4 is 28.9 Å². The van der Waals surface area contributed by atoms with E-state index in [0.29, 0.717) is 16.2 Å². The largest absolute Gasteiger partial charge is 1.00 e. The number of rotatable bonds is 3. The van der Waals surface area contributed by atoms with Gasteiger partial charge in [0.05, 0.1) is 12.3 Å². The molecule has 0 bridgehead atoms. The molecule has 0 saturated carbocycles. The summed E-state index contributed by atoms with van der Waals surface area (Å²) in [6.45, 7) is 0. The zero-order chi connectivity index (χ0) is 9.97. The molecule has 2 aromatic heterocycles. The minimum Gasteiger partial charge on any atom is -0.549 e. The van der Waals surface area contributed by atoms with Gasteiger partial charge in [-0.05, 0) is 0 Å². The van der Waals surface area contributed by atoms with Crippen LogP contribution in [0.4, 0.5) is 0 Å². The van der Waals surface area contributed by atoms with Gasteiger partial charge in [0.2, 0.25) is 0 Å². The van der Waals surface area contributed by atoms with Gasteiger partial charge in [0.15, 0.2) is 5.65 Å². The number of aliphatic carboxylic acids is 1. The monoisotopic (exact) mass is 232 g/mol. The van der Waals surface area contributed by atoms with Crippen LogP contribution in [0, 0.1) is 0 Å². The van der Waals surface area contributed by atoms with Gasteiger partial charge in [0.1, 0.15) is 16.9 Å². The van der Waals surface area contributed by atoms with E-state index < -0.39 is 5.97 Å². The maximum Gasteiger partial charge on any atom is 1.00 e. The third kappa shape index (κ3) is 2.91. The summed E-state index contributed by atoms with van der Waals surface area (Å²) in [5.74, 6) is -1.26. The van der Waals surface area contributed by atoms with E-state index in [2.05, 4.69) is 19.9 Å². The average Bonchev–Trinajstić information content (AvgIpc) is 2.62. The summed E-state index contributed by atoms with van der Waals surface area (Å²) in [5.41, 5.74) is 1.18. The molecule has 8 heteroatoms. The molecule has 6 nitrogen and oxygen atoms in total. The second-order valence-corrected chi connectivity index (χ2v) is 3.40. The number of imidazole rings is 1. The van der Waals surface area contributed by atoms with Gasteiger partial charge in [-0.3, -0.25) is 0 Å². The average molecular weight is 232 g/mol. The van der Waals surface area contributed by atoms with E-state index in [1.807, 2.05) is 0 Å². The minimum absolute atomic E-state index is 0. The predicted octanol–water partition coefficient (Wildman–Crippen LogP) is -3.80. The Bertz CT molecular complexity index is 475. The van der Waals surface area contributed by atoms with Crippen LogP contribution in [-0.2, 0) is 4.79 Å². The predicted molar refractivity (Wildman–Crippen MR) is 47.4 cm³/mol. The summed E-state index contributed by atoms with van der Waals surface area (Å²) >= 11 is 1.08. The Kier molecular flexibility index (Phi) is 4.52. The second kappa shape index (κ2) is 5.45. The number of hydrogen-bond acceptors (Lipinski definition) is 6. The Morgan fingerprint density at radius 1 is 1.47 bits per heavy atom. The number of thioether (sulfide) groups is 1. The normalized spacial score (nSPS) is 9.87. The first-order chi connectivity index (χ1) is 6.77.